The summed E-state index contributed by atoms with van der Waals surface area (Å²) < 4.78 is 17.4. The van der Waals surface area contributed by atoms with E-state index < -0.39 is 36.3 Å². The molecule has 0 amide bonds. The molecule has 3 aromatic rings. The number of hydrogen-bond donors (Lipinski definition) is 4. The minimum absolute atomic E-state index is 0.331. The van der Waals surface area contributed by atoms with Crippen molar-refractivity contribution in [2.24, 2.45) is 0 Å². The first-order chi connectivity index (χ1) is 15.1. The highest BCUT2D eigenvalue weighted by Gasteiger charge is 2.59. The normalized spacial score (nSPS) is 30.7. The lowest BCUT2D eigenvalue weighted by atomic mass is 9.82. The SMILES string of the molecule is CO[C@@]1(c2ccc(Cl)c(Cc3cc4ccc(Cl)cc4o3)c2)O[C@](C)(CO)[C@@H](O)C(O)[C@H]1O. The molecule has 2 aromatic carbocycles. The lowest BCUT2D eigenvalue weighted by molar-refractivity contribution is -0.393. The van der Waals surface area contributed by atoms with Crippen molar-refractivity contribution in [1.82, 2.24) is 0 Å². The summed E-state index contributed by atoms with van der Waals surface area (Å²) in [7, 11) is 1.31. The lowest BCUT2D eigenvalue weighted by Gasteiger charge is -2.52. The summed E-state index contributed by atoms with van der Waals surface area (Å²) in [4.78, 5) is 0. The Hall–Kier alpha value is -1.68. The maximum atomic E-state index is 10.8. The Labute approximate surface area is 194 Å². The molecular weight excluding hydrogens is 459 g/mol. The van der Waals surface area contributed by atoms with Crippen LogP contribution in [0.5, 0.6) is 0 Å². The Morgan fingerprint density at radius 2 is 1.78 bits per heavy atom. The fourth-order valence-electron chi connectivity index (χ4n) is 4.12. The predicted molar refractivity (Wildman–Crippen MR) is 119 cm³/mol. The van der Waals surface area contributed by atoms with E-state index in [0.717, 1.165) is 5.39 Å². The smallest absolute Gasteiger partial charge is 0.225 e. The van der Waals surface area contributed by atoms with Gasteiger partial charge in [0.2, 0.25) is 5.79 Å². The van der Waals surface area contributed by atoms with Crippen LogP contribution in [0, 0.1) is 0 Å². The number of aliphatic hydroxyl groups excluding tert-OH is 4. The zero-order valence-corrected chi connectivity index (χ0v) is 19.0. The molecule has 1 unspecified atom stereocenters. The van der Waals surface area contributed by atoms with Crippen LogP contribution in [0.3, 0.4) is 0 Å². The molecule has 1 aliphatic heterocycles. The zero-order chi connectivity index (χ0) is 23.3. The monoisotopic (exact) mass is 482 g/mol. The van der Waals surface area contributed by atoms with Gasteiger partial charge in [0.05, 0.1) is 6.61 Å². The minimum atomic E-state index is -1.85. The van der Waals surface area contributed by atoms with Crippen molar-refractivity contribution in [1.29, 1.82) is 0 Å². The second-order valence-electron chi connectivity index (χ2n) is 8.20. The average molecular weight is 483 g/mol. The highest BCUT2D eigenvalue weighted by molar-refractivity contribution is 6.31. The Bertz CT molecular complexity index is 1130. The Morgan fingerprint density at radius 3 is 2.47 bits per heavy atom. The first-order valence-corrected chi connectivity index (χ1v) is 10.8. The van der Waals surface area contributed by atoms with Gasteiger partial charge in [0.15, 0.2) is 0 Å². The third kappa shape index (κ3) is 3.83. The Kier molecular flexibility index (Phi) is 6.30. The molecule has 1 aromatic heterocycles. The molecule has 32 heavy (non-hydrogen) atoms. The van der Waals surface area contributed by atoms with Gasteiger partial charge in [-0.25, -0.2) is 0 Å². The molecule has 4 N–H and O–H groups in total. The van der Waals surface area contributed by atoms with Crippen LogP contribution in [0.25, 0.3) is 11.0 Å². The first-order valence-electron chi connectivity index (χ1n) is 10.0. The second kappa shape index (κ2) is 8.59. The second-order valence-corrected chi connectivity index (χ2v) is 9.05. The fraction of sp³-hybridized carbons (Fsp3) is 0.391. The number of aliphatic hydroxyl groups is 4. The van der Waals surface area contributed by atoms with Crippen molar-refractivity contribution in [3.63, 3.8) is 0 Å². The molecule has 1 aliphatic rings. The molecular formula is C23H24Cl2O7. The third-order valence-corrected chi connectivity index (χ3v) is 6.61. The van der Waals surface area contributed by atoms with E-state index in [1.54, 1.807) is 30.3 Å². The largest absolute Gasteiger partial charge is 0.461 e. The van der Waals surface area contributed by atoms with Crippen LogP contribution in [-0.4, -0.2) is 58.1 Å². The minimum Gasteiger partial charge on any atom is -0.461 e. The number of methoxy groups -OCH3 is 1. The van der Waals surface area contributed by atoms with Gasteiger partial charge in [0, 0.05) is 34.5 Å². The number of ether oxygens (including phenoxy) is 2. The van der Waals surface area contributed by atoms with Gasteiger partial charge in [-0.1, -0.05) is 29.3 Å². The van der Waals surface area contributed by atoms with Gasteiger partial charge in [-0.05, 0) is 48.9 Å². The van der Waals surface area contributed by atoms with Crippen molar-refractivity contribution >= 4 is 34.2 Å². The van der Waals surface area contributed by atoms with Crippen LogP contribution in [0.1, 0.15) is 23.8 Å². The van der Waals surface area contributed by atoms with E-state index in [2.05, 4.69) is 0 Å². The number of halogens is 2. The fourth-order valence-corrected chi connectivity index (χ4v) is 4.47. The number of rotatable bonds is 5. The highest BCUT2D eigenvalue weighted by Crippen LogP contribution is 2.44. The zero-order valence-electron chi connectivity index (χ0n) is 17.5. The van der Waals surface area contributed by atoms with Crippen molar-refractivity contribution in [2.45, 2.75) is 43.0 Å². The Balaban J connectivity index is 1.74. The molecule has 5 atom stereocenters. The van der Waals surface area contributed by atoms with Crippen LogP contribution in [0.4, 0.5) is 0 Å². The van der Waals surface area contributed by atoms with E-state index in [0.29, 0.717) is 38.9 Å². The van der Waals surface area contributed by atoms with Gasteiger partial charge in [0.25, 0.3) is 0 Å². The number of furan rings is 1. The number of benzene rings is 2. The molecule has 0 aliphatic carbocycles. The molecule has 0 saturated carbocycles. The summed E-state index contributed by atoms with van der Waals surface area (Å²) in [5.41, 5.74) is 0.0893. The van der Waals surface area contributed by atoms with Gasteiger partial charge < -0.3 is 34.3 Å². The summed E-state index contributed by atoms with van der Waals surface area (Å²) >= 11 is 12.5. The van der Waals surface area contributed by atoms with Crippen molar-refractivity contribution in [3.05, 3.63) is 69.4 Å². The van der Waals surface area contributed by atoms with Crippen LogP contribution >= 0.6 is 23.2 Å². The van der Waals surface area contributed by atoms with E-state index in [4.69, 9.17) is 37.1 Å². The number of fused-ring (bicyclic) bond motifs is 1. The summed E-state index contributed by atoms with van der Waals surface area (Å²) in [5.74, 6) is -1.20. The van der Waals surface area contributed by atoms with Crippen LogP contribution < -0.4 is 0 Å². The first kappa shape index (κ1) is 23.5. The molecule has 1 fully saturated rings. The van der Waals surface area contributed by atoms with E-state index in [-0.39, 0.29) is 0 Å². The average Bonchev–Trinajstić information content (AvgIpc) is 3.18. The van der Waals surface area contributed by atoms with Crippen molar-refractivity contribution < 1.29 is 34.3 Å². The molecule has 0 radical (unpaired) electrons. The van der Waals surface area contributed by atoms with Gasteiger partial charge in [-0.2, -0.15) is 0 Å². The summed E-state index contributed by atoms with van der Waals surface area (Å²) in [5, 5.41) is 43.3. The molecule has 0 spiro atoms. The van der Waals surface area contributed by atoms with Gasteiger partial charge in [-0.15, -0.1) is 0 Å². The topological polar surface area (TPSA) is 113 Å². The summed E-state index contributed by atoms with van der Waals surface area (Å²) in [6.07, 6.45) is -4.46. The van der Waals surface area contributed by atoms with Crippen LogP contribution in [0.2, 0.25) is 10.0 Å². The number of hydrogen-bond acceptors (Lipinski definition) is 7. The summed E-state index contributed by atoms with van der Waals surface area (Å²) in [6.45, 7) is 0.821. The van der Waals surface area contributed by atoms with Gasteiger partial charge >= 0.3 is 0 Å². The quantitative estimate of drug-likeness (QED) is 0.442. The molecule has 9 heteroatoms. The maximum absolute atomic E-state index is 10.8. The third-order valence-electron chi connectivity index (χ3n) is 6.01. The highest BCUT2D eigenvalue weighted by atomic mass is 35.5. The molecule has 7 nitrogen and oxygen atoms in total. The van der Waals surface area contributed by atoms with Gasteiger partial charge in [-0.3, -0.25) is 0 Å². The van der Waals surface area contributed by atoms with E-state index >= 15 is 0 Å². The van der Waals surface area contributed by atoms with E-state index in [1.807, 2.05) is 12.1 Å². The molecule has 1 saturated heterocycles. The van der Waals surface area contributed by atoms with E-state index in [9.17, 15) is 20.4 Å². The van der Waals surface area contributed by atoms with Crippen molar-refractivity contribution in [3.8, 4) is 0 Å². The molecule has 172 valence electrons. The Morgan fingerprint density at radius 1 is 1.03 bits per heavy atom. The molecule has 0 bridgehead atoms. The molecule has 2 heterocycles. The van der Waals surface area contributed by atoms with Crippen LogP contribution in [-0.2, 0) is 21.7 Å². The van der Waals surface area contributed by atoms with Gasteiger partial charge in [0.1, 0.15) is 35.3 Å². The van der Waals surface area contributed by atoms with E-state index in [1.165, 1.54) is 14.0 Å². The maximum Gasteiger partial charge on any atom is 0.225 e. The lowest BCUT2D eigenvalue weighted by Crippen LogP contribution is -2.69. The molecule has 4 rings (SSSR count). The predicted octanol–water partition coefficient (Wildman–Crippen LogP) is 2.99. The standard InChI is InChI=1S/C23H24Cl2O7/c1-22(11-26)20(28)19(27)21(29)23(30-2,32-22)14-4-6-17(25)13(7-14)9-16-8-12-3-5-15(24)10-18(12)31-16/h3-8,10,19-21,26-29H,9,11H2,1-2H3/t19?,20-,21+,22+,23-/m0/s1. The van der Waals surface area contributed by atoms with Crippen LogP contribution in [0.15, 0.2) is 46.9 Å². The summed E-state index contributed by atoms with van der Waals surface area (Å²) in [6, 6.07) is 12.1. The van der Waals surface area contributed by atoms with Crippen molar-refractivity contribution in [2.75, 3.05) is 13.7 Å².